The average molecular weight is 296 g/mol. The number of hydrogen-bond donors (Lipinski definition) is 2. The Bertz CT molecular complexity index is 427. The Morgan fingerprint density at radius 3 is 2.57 bits per heavy atom. The second-order valence-electron chi connectivity index (χ2n) is 6.15. The summed E-state index contributed by atoms with van der Waals surface area (Å²) in [5, 5.41) is 12.2. The molecule has 0 aromatic rings. The van der Waals surface area contributed by atoms with Crippen LogP contribution in [-0.4, -0.2) is 47.4 Å². The Labute approximate surface area is 124 Å². The molecule has 6 nitrogen and oxygen atoms in total. The van der Waals surface area contributed by atoms with Crippen molar-refractivity contribution < 1.29 is 19.5 Å². The van der Waals surface area contributed by atoms with E-state index >= 15 is 0 Å². The SMILES string of the molecule is CCCC1(C(=O)O)CCN(C(=O)[C@@H]2CCCNC2=O)CC1. The second-order valence-corrected chi connectivity index (χ2v) is 6.15. The standard InChI is InChI=1S/C15H24N2O4/c1-2-5-15(14(20)21)6-9-17(10-7-15)13(19)11-4-3-8-16-12(11)18/h11H,2-10H2,1H3,(H,16,18)(H,20,21)/t11-/m1/s1. The first-order valence-electron chi connectivity index (χ1n) is 7.80. The van der Waals surface area contributed by atoms with Gasteiger partial charge in [0.2, 0.25) is 11.8 Å². The molecule has 2 rings (SSSR count). The molecule has 21 heavy (non-hydrogen) atoms. The fourth-order valence-electron chi connectivity index (χ4n) is 3.43. The maximum Gasteiger partial charge on any atom is 0.309 e. The first-order valence-corrected chi connectivity index (χ1v) is 7.80. The summed E-state index contributed by atoms with van der Waals surface area (Å²) >= 11 is 0. The number of carboxylic acid groups (broad SMARTS) is 1. The number of carbonyl (C=O) groups is 3. The van der Waals surface area contributed by atoms with Crippen LogP contribution in [0.15, 0.2) is 0 Å². The normalized spacial score (nSPS) is 25.3. The van der Waals surface area contributed by atoms with E-state index in [2.05, 4.69) is 5.32 Å². The van der Waals surface area contributed by atoms with Crippen molar-refractivity contribution in [2.75, 3.05) is 19.6 Å². The fourth-order valence-corrected chi connectivity index (χ4v) is 3.43. The van der Waals surface area contributed by atoms with Crippen LogP contribution in [0.3, 0.4) is 0 Å². The molecule has 0 unspecified atom stereocenters. The van der Waals surface area contributed by atoms with Crippen LogP contribution in [0.2, 0.25) is 0 Å². The molecule has 0 aromatic carbocycles. The van der Waals surface area contributed by atoms with Gasteiger partial charge in [-0.2, -0.15) is 0 Å². The number of carboxylic acids is 1. The van der Waals surface area contributed by atoms with Crippen LogP contribution in [0.5, 0.6) is 0 Å². The molecule has 2 fully saturated rings. The van der Waals surface area contributed by atoms with E-state index in [0.717, 1.165) is 12.8 Å². The number of nitrogens with one attached hydrogen (secondary N) is 1. The van der Waals surface area contributed by atoms with Crippen LogP contribution in [-0.2, 0) is 14.4 Å². The summed E-state index contributed by atoms with van der Waals surface area (Å²) in [4.78, 5) is 37.4. The summed E-state index contributed by atoms with van der Waals surface area (Å²) in [5.41, 5.74) is -0.694. The Balaban J connectivity index is 1.98. The molecule has 0 radical (unpaired) electrons. The molecule has 0 spiro atoms. The number of hydrogen-bond acceptors (Lipinski definition) is 3. The smallest absolute Gasteiger partial charge is 0.309 e. The topological polar surface area (TPSA) is 86.7 Å². The number of piperidine rings is 2. The molecule has 2 heterocycles. The Kier molecular flexibility index (Phi) is 4.85. The molecule has 0 saturated carbocycles. The van der Waals surface area contributed by atoms with Gasteiger partial charge in [0, 0.05) is 19.6 Å². The lowest BCUT2D eigenvalue weighted by atomic mass is 9.75. The molecule has 2 N–H and O–H groups in total. The molecule has 118 valence electrons. The van der Waals surface area contributed by atoms with Crippen molar-refractivity contribution in [3.63, 3.8) is 0 Å². The van der Waals surface area contributed by atoms with E-state index in [-0.39, 0.29) is 11.8 Å². The Hall–Kier alpha value is -1.59. The zero-order valence-corrected chi connectivity index (χ0v) is 12.6. The van der Waals surface area contributed by atoms with E-state index in [1.807, 2.05) is 6.92 Å². The number of likely N-dealkylation sites (tertiary alicyclic amines) is 1. The van der Waals surface area contributed by atoms with Gasteiger partial charge >= 0.3 is 5.97 Å². The summed E-state index contributed by atoms with van der Waals surface area (Å²) in [6, 6.07) is 0. The molecule has 2 aliphatic rings. The number of nitrogens with zero attached hydrogens (tertiary/aromatic N) is 1. The minimum absolute atomic E-state index is 0.136. The zero-order chi connectivity index (χ0) is 15.5. The van der Waals surface area contributed by atoms with E-state index in [0.29, 0.717) is 45.3 Å². The highest BCUT2D eigenvalue weighted by atomic mass is 16.4. The van der Waals surface area contributed by atoms with E-state index in [9.17, 15) is 19.5 Å². The summed E-state index contributed by atoms with van der Waals surface area (Å²) in [5.74, 6) is -1.66. The monoisotopic (exact) mass is 296 g/mol. The van der Waals surface area contributed by atoms with Crippen molar-refractivity contribution >= 4 is 17.8 Å². The van der Waals surface area contributed by atoms with Crippen LogP contribution in [0.1, 0.15) is 45.4 Å². The van der Waals surface area contributed by atoms with E-state index < -0.39 is 17.3 Å². The van der Waals surface area contributed by atoms with Crippen LogP contribution in [0.25, 0.3) is 0 Å². The molecule has 0 aliphatic carbocycles. The molecular weight excluding hydrogens is 272 g/mol. The summed E-state index contributed by atoms with van der Waals surface area (Å²) in [6.45, 7) is 3.50. The summed E-state index contributed by atoms with van der Waals surface area (Å²) in [6.07, 6.45) is 3.86. The lowest BCUT2D eigenvalue weighted by molar-refractivity contribution is -0.157. The number of amides is 2. The van der Waals surface area contributed by atoms with Crippen LogP contribution in [0.4, 0.5) is 0 Å². The quantitative estimate of drug-likeness (QED) is 0.758. The minimum Gasteiger partial charge on any atom is -0.481 e. The number of rotatable bonds is 4. The van der Waals surface area contributed by atoms with Gasteiger partial charge in [-0.1, -0.05) is 13.3 Å². The zero-order valence-electron chi connectivity index (χ0n) is 12.6. The Morgan fingerprint density at radius 2 is 2.05 bits per heavy atom. The van der Waals surface area contributed by atoms with Gasteiger partial charge < -0.3 is 15.3 Å². The second kappa shape index (κ2) is 6.45. The van der Waals surface area contributed by atoms with Gasteiger partial charge in [0.1, 0.15) is 5.92 Å². The first kappa shape index (κ1) is 15.8. The first-order chi connectivity index (χ1) is 10.00. The Morgan fingerprint density at radius 1 is 1.38 bits per heavy atom. The lowest BCUT2D eigenvalue weighted by Gasteiger charge is -2.40. The van der Waals surface area contributed by atoms with Gasteiger partial charge in [-0.15, -0.1) is 0 Å². The van der Waals surface area contributed by atoms with E-state index in [4.69, 9.17) is 0 Å². The maximum absolute atomic E-state index is 12.4. The van der Waals surface area contributed by atoms with E-state index in [1.54, 1.807) is 4.90 Å². The predicted molar refractivity (Wildman–Crippen MR) is 76.5 cm³/mol. The van der Waals surface area contributed by atoms with Gasteiger partial charge in [-0.05, 0) is 32.1 Å². The van der Waals surface area contributed by atoms with Crippen molar-refractivity contribution in [1.82, 2.24) is 10.2 Å². The van der Waals surface area contributed by atoms with Crippen molar-refractivity contribution in [1.29, 1.82) is 0 Å². The molecule has 1 atom stereocenters. The minimum atomic E-state index is -0.758. The molecule has 2 amide bonds. The van der Waals surface area contributed by atoms with Gasteiger partial charge in [-0.3, -0.25) is 14.4 Å². The highest BCUT2D eigenvalue weighted by Crippen LogP contribution is 2.37. The third-order valence-electron chi connectivity index (χ3n) is 4.80. The molecule has 0 aromatic heterocycles. The third kappa shape index (κ3) is 3.19. The van der Waals surface area contributed by atoms with Crippen molar-refractivity contribution in [3.05, 3.63) is 0 Å². The van der Waals surface area contributed by atoms with Gasteiger partial charge in [0.15, 0.2) is 0 Å². The molecule has 2 saturated heterocycles. The highest BCUT2D eigenvalue weighted by Gasteiger charge is 2.43. The van der Waals surface area contributed by atoms with Crippen molar-refractivity contribution in [3.8, 4) is 0 Å². The van der Waals surface area contributed by atoms with Crippen molar-refractivity contribution in [2.24, 2.45) is 11.3 Å². The summed E-state index contributed by atoms with van der Waals surface area (Å²) < 4.78 is 0. The van der Waals surface area contributed by atoms with Gasteiger partial charge in [0.25, 0.3) is 0 Å². The molecule has 2 aliphatic heterocycles. The van der Waals surface area contributed by atoms with Crippen LogP contribution >= 0.6 is 0 Å². The summed E-state index contributed by atoms with van der Waals surface area (Å²) in [7, 11) is 0. The van der Waals surface area contributed by atoms with Crippen LogP contribution in [0, 0.1) is 11.3 Å². The lowest BCUT2D eigenvalue weighted by Crippen LogP contribution is -2.51. The average Bonchev–Trinajstić information content (AvgIpc) is 2.48. The maximum atomic E-state index is 12.4. The molecular formula is C15H24N2O4. The number of carbonyl (C=O) groups excluding carboxylic acids is 2. The molecule has 6 heteroatoms. The van der Waals surface area contributed by atoms with Gasteiger partial charge in [-0.25, -0.2) is 0 Å². The number of aliphatic carboxylic acids is 1. The molecule has 0 bridgehead atoms. The van der Waals surface area contributed by atoms with E-state index in [1.165, 1.54) is 0 Å². The fraction of sp³-hybridized carbons (Fsp3) is 0.800. The highest BCUT2D eigenvalue weighted by molar-refractivity contribution is 6.00. The van der Waals surface area contributed by atoms with Crippen LogP contribution < -0.4 is 5.32 Å². The third-order valence-corrected chi connectivity index (χ3v) is 4.80. The predicted octanol–water partition coefficient (Wildman–Crippen LogP) is 1.01. The largest absolute Gasteiger partial charge is 0.481 e. The van der Waals surface area contributed by atoms with Crippen molar-refractivity contribution in [2.45, 2.75) is 45.4 Å². The van der Waals surface area contributed by atoms with Gasteiger partial charge in [0.05, 0.1) is 5.41 Å².